The first-order chi connectivity index (χ1) is 13.7. The van der Waals surface area contributed by atoms with Crippen LogP contribution in [-0.4, -0.2) is 33.5 Å². The molecule has 1 aliphatic heterocycles. The quantitative estimate of drug-likeness (QED) is 0.665. The minimum absolute atomic E-state index is 0.0567. The maximum atomic E-state index is 13.0. The van der Waals surface area contributed by atoms with E-state index >= 15 is 0 Å². The van der Waals surface area contributed by atoms with Crippen LogP contribution in [0.1, 0.15) is 34.6 Å². The van der Waals surface area contributed by atoms with E-state index in [0.717, 1.165) is 12.8 Å². The van der Waals surface area contributed by atoms with Gasteiger partial charge in [-0.1, -0.05) is 42.4 Å². The number of thiophene rings is 1. The number of rotatable bonds is 7. The molecule has 1 amide bonds. The van der Waals surface area contributed by atoms with Crippen molar-refractivity contribution < 1.29 is 9.32 Å². The highest BCUT2D eigenvalue weighted by Crippen LogP contribution is 2.25. The van der Waals surface area contributed by atoms with Crippen LogP contribution in [0.4, 0.5) is 0 Å². The van der Waals surface area contributed by atoms with Crippen molar-refractivity contribution in [2.24, 2.45) is 0 Å². The zero-order valence-electron chi connectivity index (χ0n) is 15.9. The van der Waals surface area contributed by atoms with Gasteiger partial charge in [0.15, 0.2) is 5.82 Å². The van der Waals surface area contributed by atoms with Crippen LogP contribution < -0.4 is 5.32 Å². The Hall–Kier alpha value is -2.51. The van der Waals surface area contributed by atoms with Crippen molar-refractivity contribution in [1.29, 1.82) is 0 Å². The summed E-state index contributed by atoms with van der Waals surface area (Å²) in [7, 11) is 0. The van der Waals surface area contributed by atoms with Gasteiger partial charge in [-0.25, -0.2) is 0 Å². The fraction of sp³-hybridized carbons (Fsp3) is 0.381. The zero-order chi connectivity index (χ0) is 19.3. The van der Waals surface area contributed by atoms with E-state index in [0.29, 0.717) is 37.8 Å². The van der Waals surface area contributed by atoms with Crippen molar-refractivity contribution in [3.05, 3.63) is 69.5 Å². The molecule has 3 heterocycles. The van der Waals surface area contributed by atoms with Crippen molar-refractivity contribution in [2.75, 3.05) is 6.54 Å². The van der Waals surface area contributed by atoms with Gasteiger partial charge in [-0.15, -0.1) is 11.3 Å². The van der Waals surface area contributed by atoms with Crippen LogP contribution in [-0.2, 0) is 37.1 Å². The van der Waals surface area contributed by atoms with Gasteiger partial charge in [-0.3, -0.25) is 9.69 Å². The number of amides is 1. The van der Waals surface area contributed by atoms with Crippen molar-refractivity contribution in [2.45, 2.75) is 45.3 Å². The lowest BCUT2D eigenvalue weighted by Crippen LogP contribution is -2.50. The predicted octanol–water partition coefficient (Wildman–Crippen LogP) is 2.98. The molecule has 0 saturated carbocycles. The Morgan fingerprint density at radius 2 is 2.14 bits per heavy atom. The lowest BCUT2D eigenvalue weighted by molar-refractivity contribution is -0.127. The molecule has 4 rings (SSSR count). The average Bonchev–Trinajstić information content (AvgIpc) is 3.39. The van der Waals surface area contributed by atoms with Gasteiger partial charge >= 0.3 is 0 Å². The number of hydrogen-bond donors (Lipinski definition) is 1. The Morgan fingerprint density at radius 3 is 2.89 bits per heavy atom. The lowest BCUT2D eigenvalue weighted by atomic mass is 9.93. The molecule has 3 aromatic rings. The van der Waals surface area contributed by atoms with Gasteiger partial charge in [0, 0.05) is 24.4 Å². The molecule has 7 heteroatoms. The summed E-state index contributed by atoms with van der Waals surface area (Å²) < 4.78 is 5.37. The average molecular weight is 397 g/mol. The second kappa shape index (κ2) is 8.67. The van der Waals surface area contributed by atoms with Crippen molar-refractivity contribution in [1.82, 2.24) is 20.4 Å². The van der Waals surface area contributed by atoms with Crippen LogP contribution in [0.25, 0.3) is 0 Å². The van der Waals surface area contributed by atoms with Gasteiger partial charge < -0.3 is 9.84 Å². The largest absolute Gasteiger partial charge is 0.354 e. The molecule has 0 fully saturated rings. The van der Waals surface area contributed by atoms with Crippen LogP contribution in [0.2, 0.25) is 0 Å². The Kier molecular flexibility index (Phi) is 5.83. The van der Waals surface area contributed by atoms with E-state index in [1.807, 2.05) is 25.1 Å². The highest BCUT2D eigenvalue weighted by molar-refractivity contribution is 7.09. The van der Waals surface area contributed by atoms with E-state index in [9.17, 15) is 4.79 Å². The molecule has 2 aromatic heterocycles. The second-order valence-corrected chi connectivity index (χ2v) is 8.00. The summed E-state index contributed by atoms with van der Waals surface area (Å²) in [5.41, 5.74) is 2.48. The summed E-state index contributed by atoms with van der Waals surface area (Å²) in [6, 6.07) is 12.2. The maximum absolute atomic E-state index is 13.0. The topological polar surface area (TPSA) is 71.3 Å². The molecule has 0 bridgehead atoms. The van der Waals surface area contributed by atoms with E-state index in [1.165, 1.54) is 16.0 Å². The first kappa shape index (κ1) is 18.8. The monoisotopic (exact) mass is 396 g/mol. The molecule has 0 saturated heterocycles. The number of carbonyl (C=O) groups is 1. The van der Waals surface area contributed by atoms with Crippen LogP contribution in [0, 0.1) is 0 Å². The molecule has 146 valence electrons. The van der Waals surface area contributed by atoms with E-state index in [2.05, 4.69) is 43.9 Å². The summed E-state index contributed by atoms with van der Waals surface area (Å²) in [6.45, 7) is 3.81. The number of carbonyl (C=O) groups excluding carboxylic acids is 1. The zero-order valence-corrected chi connectivity index (χ0v) is 16.7. The Bertz CT molecular complexity index is 922. The van der Waals surface area contributed by atoms with Crippen molar-refractivity contribution >= 4 is 17.2 Å². The number of hydrogen-bond acceptors (Lipinski definition) is 6. The Balaban J connectivity index is 1.46. The summed E-state index contributed by atoms with van der Waals surface area (Å²) >= 11 is 1.72. The van der Waals surface area contributed by atoms with E-state index in [4.69, 9.17) is 4.52 Å². The third-order valence-corrected chi connectivity index (χ3v) is 6.00. The SMILES string of the molecule is CCc1noc(CN2Cc3ccccc3C[C@H]2C(=O)NCCc2cccs2)n1. The molecule has 0 unspecified atom stereocenters. The highest BCUT2D eigenvalue weighted by atomic mass is 32.1. The van der Waals surface area contributed by atoms with Gasteiger partial charge in [0.1, 0.15) is 0 Å². The normalized spacial score (nSPS) is 16.7. The van der Waals surface area contributed by atoms with Gasteiger partial charge in [0.25, 0.3) is 0 Å². The first-order valence-corrected chi connectivity index (χ1v) is 10.5. The molecule has 0 aliphatic carbocycles. The molecular formula is C21H24N4O2S. The highest BCUT2D eigenvalue weighted by Gasteiger charge is 2.32. The van der Waals surface area contributed by atoms with Gasteiger partial charge in [-0.05, 0) is 35.4 Å². The van der Waals surface area contributed by atoms with Crippen molar-refractivity contribution in [3.63, 3.8) is 0 Å². The van der Waals surface area contributed by atoms with E-state index in [1.54, 1.807) is 11.3 Å². The van der Waals surface area contributed by atoms with Crippen LogP contribution in [0.15, 0.2) is 46.3 Å². The fourth-order valence-corrected chi connectivity index (χ4v) is 4.26. The second-order valence-electron chi connectivity index (χ2n) is 6.97. The minimum Gasteiger partial charge on any atom is -0.354 e. The Labute approximate surface area is 168 Å². The number of aromatic nitrogens is 2. The van der Waals surface area contributed by atoms with Gasteiger partial charge in [0.2, 0.25) is 11.8 Å². The summed E-state index contributed by atoms with van der Waals surface area (Å²) in [5, 5.41) is 9.15. The minimum atomic E-state index is -0.241. The molecule has 6 nitrogen and oxygen atoms in total. The number of benzene rings is 1. The summed E-state index contributed by atoms with van der Waals surface area (Å²) in [4.78, 5) is 20.8. The smallest absolute Gasteiger partial charge is 0.240 e. The van der Waals surface area contributed by atoms with Gasteiger partial charge in [0.05, 0.1) is 12.6 Å². The molecular weight excluding hydrogens is 372 g/mol. The molecule has 1 aromatic carbocycles. The number of aryl methyl sites for hydroxylation is 1. The number of fused-ring (bicyclic) bond motifs is 1. The summed E-state index contributed by atoms with van der Waals surface area (Å²) in [5.74, 6) is 1.32. The molecule has 1 atom stereocenters. The van der Waals surface area contributed by atoms with E-state index in [-0.39, 0.29) is 11.9 Å². The molecule has 0 spiro atoms. The predicted molar refractivity (Wildman–Crippen MR) is 108 cm³/mol. The fourth-order valence-electron chi connectivity index (χ4n) is 3.56. The molecule has 1 N–H and O–H groups in total. The van der Waals surface area contributed by atoms with Crippen molar-refractivity contribution in [3.8, 4) is 0 Å². The number of nitrogens with zero attached hydrogens (tertiary/aromatic N) is 3. The third-order valence-electron chi connectivity index (χ3n) is 5.06. The van der Waals surface area contributed by atoms with E-state index < -0.39 is 0 Å². The summed E-state index contributed by atoms with van der Waals surface area (Å²) in [6.07, 6.45) is 2.28. The third kappa shape index (κ3) is 4.31. The maximum Gasteiger partial charge on any atom is 0.240 e. The lowest BCUT2D eigenvalue weighted by Gasteiger charge is -2.35. The van der Waals surface area contributed by atoms with Gasteiger partial charge in [-0.2, -0.15) is 4.98 Å². The molecule has 0 radical (unpaired) electrons. The standard InChI is InChI=1S/C21H24N4O2S/c1-2-19-23-20(27-24-19)14-25-13-16-7-4-3-6-15(16)12-18(25)21(26)22-10-9-17-8-5-11-28-17/h3-8,11,18H,2,9-10,12-14H2,1H3,(H,22,26)/t18-/m0/s1. The Morgan fingerprint density at radius 1 is 1.29 bits per heavy atom. The number of nitrogens with one attached hydrogen (secondary N) is 1. The van der Waals surface area contributed by atoms with Crippen LogP contribution >= 0.6 is 11.3 Å². The molecule has 28 heavy (non-hydrogen) atoms. The first-order valence-electron chi connectivity index (χ1n) is 9.65. The van der Waals surface area contributed by atoms with Crippen LogP contribution in [0.5, 0.6) is 0 Å². The van der Waals surface area contributed by atoms with Crippen LogP contribution in [0.3, 0.4) is 0 Å². The molecule has 1 aliphatic rings.